The van der Waals surface area contributed by atoms with Gasteiger partial charge in [0.25, 0.3) is 0 Å². The Morgan fingerprint density at radius 1 is 0.958 bits per heavy atom. The van der Waals surface area contributed by atoms with Crippen LogP contribution in [0.25, 0.3) is 28.0 Å². The van der Waals surface area contributed by atoms with E-state index in [1.165, 1.54) is 5.56 Å². The first-order valence-electron chi connectivity index (χ1n) is 7.59. The maximum absolute atomic E-state index is 6.33. The van der Waals surface area contributed by atoms with E-state index >= 15 is 0 Å². The molecule has 4 aromatic rings. The van der Waals surface area contributed by atoms with Crippen molar-refractivity contribution in [3.63, 3.8) is 0 Å². The van der Waals surface area contributed by atoms with Gasteiger partial charge < -0.3 is 5.73 Å². The first kappa shape index (κ1) is 14.7. The molecule has 118 valence electrons. The molecule has 0 bridgehead atoms. The van der Waals surface area contributed by atoms with E-state index in [4.69, 9.17) is 17.3 Å². The third-order valence-electron chi connectivity index (χ3n) is 4.02. The van der Waals surface area contributed by atoms with Crippen LogP contribution in [-0.4, -0.2) is 14.6 Å². The van der Waals surface area contributed by atoms with Crippen LogP contribution < -0.4 is 5.73 Å². The summed E-state index contributed by atoms with van der Waals surface area (Å²) in [4.78, 5) is 4.49. The van der Waals surface area contributed by atoms with Crippen LogP contribution >= 0.6 is 11.6 Å². The van der Waals surface area contributed by atoms with Crippen LogP contribution in [-0.2, 0) is 0 Å². The van der Waals surface area contributed by atoms with Gasteiger partial charge in [0.05, 0.1) is 5.69 Å². The van der Waals surface area contributed by atoms with Crippen molar-refractivity contribution >= 4 is 23.1 Å². The predicted octanol–water partition coefficient (Wildman–Crippen LogP) is 4.61. The summed E-state index contributed by atoms with van der Waals surface area (Å²) in [5.74, 6) is 0.556. The first-order chi connectivity index (χ1) is 11.6. The van der Waals surface area contributed by atoms with E-state index in [9.17, 15) is 0 Å². The number of aryl methyl sites for hydroxylation is 1. The summed E-state index contributed by atoms with van der Waals surface area (Å²) in [6, 6.07) is 17.7. The summed E-state index contributed by atoms with van der Waals surface area (Å²) in [6.07, 6.45) is 1.77. The number of hydrogen-bond acceptors (Lipinski definition) is 3. The van der Waals surface area contributed by atoms with Gasteiger partial charge in [0.2, 0.25) is 0 Å². The van der Waals surface area contributed by atoms with Crippen molar-refractivity contribution in [1.29, 1.82) is 0 Å². The summed E-state index contributed by atoms with van der Waals surface area (Å²) in [5.41, 5.74) is 11.9. The Balaban J connectivity index is 1.84. The summed E-state index contributed by atoms with van der Waals surface area (Å²) >= 11 is 5.95. The Hall–Kier alpha value is -2.85. The van der Waals surface area contributed by atoms with Crippen molar-refractivity contribution in [2.24, 2.45) is 0 Å². The van der Waals surface area contributed by atoms with Crippen molar-refractivity contribution in [2.75, 3.05) is 5.73 Å². The van der Waals surface area contributed by atoms with E-state index in [0.29, 0.717) is 10.8 Å². The first-order valence-corrected chi connectivity index (χ1v) is 7.97. The Morgan fingerprint density at radius 3 is 2.33 bits per heavy atom. The molecular weight excluding hydrogens is 320 g/mol. The number of nitrogen functional groups attached to an aromatic ring is 1. The minimum absolute atomic E-state index is 0.556. The van der Waals surface area contributed by atoms with E-state index in [-0.39, 0.29) is 0 Å². The number of rotatable bonds is 2. The molecule has 0 amide bonds. The van der Waals surface area contributed by atoms with Crippen LogP contribution in [0, 0.1) is 6.92 Å². The highest BCUT2D eigenvalue weighted by atomic mass is 35.5. The smallest absolute Gasteiger partial charge is 0.157 e. The largest absolute Gasteiger partial charge is 0.383 e. The topological polar surface area (TPSA) is 56.2 Å². The lowest BCUT2D eigenvalue weighted by Gasteiger charge is -2.07. The van der Waals surface area contributed by atoms with Gasteiger partial charge in [-0.15, -0.1) is 0 Å². The van der Waals surface area contributed by atoms with Gasteiger partial charge in [-0.05, 0) is 24.6 Å². The molecule has 0 aliphatic carbocycles. The van der Waals surface area contributed by atoms with Crippen LogP contribution in [0.15, 0.2) is 60.8 Å². The number of nitrogens with zero attached hydrogens (tertiary/aromatic N) is 3. The fourth-order valence-corrected chi connectivity index (χ4v) is 2.79. The van der Waals surface area contributed by atoms with Crippen molar-refractivity contribution in [1.82, 2.24) is 14.6 Å². The second kappa shape index (κ2) is 5.65. The van der Waals surface area contributed by atoms with Gasteiger partial charge >= 0.3 is 0 Å². The van der Waals surface area contributed by atoms with Crippen LogP contribution in [0.3, 0.4) is 0 Å². The van der Waals surface area contributed by atoms with Crippen LogP contribution in [0.1, 0.15) is 5.56 Å². The number of fused-ring (bicyclic) bond motifs is 1. The molecule has 4 rings (SSSR count). The van der Waals surface area contributed by atoms with Crippen LogP contribution in [0.4, 0.5) is 5.82 Å². The summed E-state index contributed by atoms with van der Waals surface area (Å²) in [5, 5.41) is 5.31. The second-order valence-corrected chi connectivity index (χ2v) is 6.17. The Bertz CT molecular complexity index is 1020. The molecule has 4 nitrogen and oxygen atoms in total. The number of halogens is 1. The molecule has 2 N–H and O–H groups in total. The molecule has 0 aliphatic rings. The molecule has 0 saturated heterocycles. The highest BCUT2D eigenvalue weighted by Crippen LogP contribution is 2.28. The number of nitrogens with two attached hydrogens (primary N) is 1. The zero-order chi connectivity index (χ0) is 16.7. The van der Waals surface area contributed by atoms with E-state index in [2.05, 4.69) is 29.1 Å². The predicted molar refractivity (Wildman–Crippen MR) is 98.0 cm³/mol. The van der Waals surface area contributed by atoms with Gasteiger partial charge in [-0.2, -0.15) is 9.61 Å². The number of hydrogen-bond donors (Lipinski definition) is 1. The molecule has 0 spiro atoms. The Morgan fingerprint density at radius 2 is 1.62 bits per heavy atom. The van der Waals surface area contributed by atoms with Gasteiger partial charge in [-0.1, -0.05) is 53.6 Å². The zero-order valence-electron chi connectivity index (χ0n) is 13.1. The molecular formula is C19H15ClN4. The van der Waals surface area contributed by atoms with Gasteiger partial charge in [-0.3, -0.25) is 0 Å². The quantitative estimate of drug-likeness (QED) is 0.582. The average Bonchev–Trinajstić information content (AvgIpc) is 3.02. The van der Waals surface area contributed by atoms with E-state index in [1.54, 1.807) is 10.7 Å². The Kier molecular flexibility index (Phi) is 3.47. The number of benzene rings is 2. The lowest BCUT2D eigenvalue weighted by Crippen LogP contribution is -2.02. The highest BCUT2D eigenvalue weighted by Gasteiger charge is 2.12. The van der Waals surface area contributed by atoms with Crippen molar-refractivity contribution in [3.05, 3.63) is 71.4 Å². The van der Waals surface area contributed by atoms with Gasteiger partial charge in [-0.25, -0.2) is 4.98 Å². The maximum atomic E-state index is 6.33. The standard InChI is InChI=1S/C19H15ClN4/c1-12-2-4-14(5-3-12)17-10-18-22-11-16(19(21)24(18)23-17)13-6-8-15(20)9-7-13/h2-11H,21H2,1H3. The second-order valence-electron chi connectivity index (χ2n) is 5.73. The monoisotopic (exact) mass is 334 g/mol. The third kappa shape index (κ3) is 2.51. The molecule has 5 heteroatoms. The maximum Gasteiger partial charge on any atom is 0.157 e. The minimum atomic E-state index is 0.556. The SMILES string of the molecule is Cc1ccc(-c2cc3ncc(-c4ccc(Cl)cc4)c(N)n3n2)cc1. The van der Waals surface area contributed by atoms with Gasteiger partial charge in [0.1, 0.15) is 5.82 Å². The lowest BCUT2D eigenvalue weighted by atomic mass is 10.1. The third-order valence-corrected chi connectivity index (χ3v) is 4.28. The molecule has 2 aromatic carbocycles. The van der Waals surface area contributed by atoms with Crippen LogP contribution in [0.2, 0.25) is 5.02 Å². The molecule has 0 aliphatic heterocycles. The summed E-state index contributed by atoms with van der Waals surface area (Å²) < 4.78 is 1.68. The van der Waals surface area contributed by atoms with Crippen molar-refractivity contribution in [3.8, 4) is 22.4 Å². The number of anilines is 1. The van der Waals surface area contributed by atoms with E-state index in [1.807, 2.05) is 42.5 Å². The number of aromatic nitrogens is 3. The van der Waals surface area contributed by atoms with E-state index < -0.39 is 0 Å². The van der Waals surface area contributed by atoms with E-state index in [0.717, 1.165) is 28.0 Å². The molecule has 2 heterocycles. The molecule has 0 fully saturated rings. The fraction of sp³-hybridized carbons (Fsp3) is 0.0526. The molecule has 0 saturated carbocycles. The zero-order valence-corrected chi connectivity index (χ0v) is 13.8. The minimum Gasteiger partial charge on any atom is -0.383 e. The van der Waals surface area contributed by atoms with Gasteiger partial charge in [0, 0.05) is 28.4 Å². The fourth-order valence-electron chi connectivity index (χ4n) is 2.67. The summed E-state index contributed by atoms with van der Waals surface area (Å²) in [7, 11) is 0. The Labute approximate surface area is 144 Å². The highest BCUT2D eigenvalue weighted by molar-refractivity contribution is 6.30. The normalized spacial score (nSPS) is 11.1. The molecule has 0 unspecified atom stereocenters. The van der Waals surface area contributed by atoms with Crippen molar-refractivity contribution in [2.45, 2.75) is 6.92 Å². The molecule has 0 atom stereocenters. The molecule has 0 radical (unpaired) electrons. The molecule has 24 heavy (non-hydrogen) atoms. The van der Waals surface area contributed by atoms with Gasteiger partial charge in [0.15, 0.2) is 5.65 Å². The lowest BCUT2D eigenvalue weighted by molar-refractivity contribution is 0.958. The molecule has 2 aromatic heterocycles. The van der Waals surface area contributed by atoms with Crippen molar-refractivity contribution < 1.29 is 0 Å². The summed E-state index contributed by atoms with van der Waals surface area (Å²) in [6.45, 7) is 2.06. The van der Waals surface area contributed by atoms with Crippen LogP contribution in [0.5, 0.6) is 0 Å². The average molecular weight is 335 g/mol.